The van der Waals surface area contributed by atoms with Gasteiger partial charge >= 0.3 is 0 Å². The summed E-state index contributed by atoms with van der Waals surface area (Å²) >= 11 is 0. The summed E-state index contributed by atoms with van der Waals surface area (Å²) in [5.74, 6) is -0.106. The van der Waals surface area contributed by atoms with Gasteiger partial charge in [-0.15, -0.1) is 0 Å². The molecule has 5 heteroatoms. The highest BCUT2D eigenvalue weighted by Crippen LogP contribution is 2.37. The van der Waals surface area contributed by atoms with Crippen molar-refractivity contribution in [3.05, 3.63) is 179 Å². The van der Waals surface area contributed by atoms with Crippen molar-refractivity contribution < 1.29 is 4.79 Å². The lowest BCUT2D eigenvalue weighted by molar-refractivity contribution is 0.103. The van der Waals surface area contributed by atoms with E-state index in [1.165, 1.54) is 0 Å². The SMILES string of the molecule is O=C(c1ccccc1)c1c2nc(c(-c3ccccc3)c3ccc([nH]3)c(-c3ccccc3)c3nc(c(-c4ccccc4)c4ccc1[nH]4)C=C3)C=C2. The van der Waals surface area contributed by atoms with Crippen LogP contribution >= 0.6 is 0 Å². The molecule has 9 rings (SSSR count). The van der Waals surface area contributed by atoms with E-state index >= 15 is 0 Å². The number of fused-ring (bicyclic) bond motifs is 8. The van der Waals surface area contributed by atoms with E-state index in [1.807, 2.05) is 97.1 Å². The smallest absolute Gasteiger partial charge is 0.197 e. The van der Waals surface area contributed by atoms with Gasteiger partial charge in [0.1, 0.15) is 0 Å². The van der Waals surface area contributed by atoms with Crippen LogP contribution in [0.3, 0.4) is 0 Å². The highest BCUT2D eigenvalue weighted by molar-refractivity contribution is 6.15. The van der Waals surface area contributed by atoms with Gasteiger partial charge in [0.05, 0.1) is 33.9 Å². The fraction of sp³-hybridized carbons (Fsp3) is 0. The van der Waals surface area contributed by atoms with Gasteiger partial charge in [0, 0.05) is 38.8 Å². The molecule has 0 aliphatic carbocycles. The van der Waals surface area contributed by atoms with Gasteiger partial charge in [-0.1, -0.05) is 121 Å². The molecule has 0 saturated carbocycles. The topological polar surface area (TPSA) is 74.4 Å². The van der Waals surface area contributed by atoms with E-state index < -0.39 is 0 Å². The Morgan fingerprint density at radius 2 is 0.720 bits per heavy atom. The Kier molecular flexibility index (Phi) is 7.21. The van der Waals surface area contributed by atoms with Gasteiger partial charge in [0.2, 0.25) is 0 Å². The predicted octanol–water partition coefficient (Wildman–Crippen LogP) is 10.9. The first-order valence-electron chi connectivity index (χ1n) is 16.6. The average Bonchev–Trinajstić information content (AvgIpc) is 4.01. The van der Waals surface area contributed by atoms with E-state index in [1.54, 1.807) is 0 Å². The third-order valence-electron chi connectivity index (χ3n) is 9.20. The van der Waals surface area contributed by atoms with Crippen molar-refractivity contribution in [1.82, 2.24) is 19.9 Å². The summed E-state index contributed by atoms with van der Waals surface area (Å²) in [6.45, 7) is 0. The van der Waals surface area contributed by atoms with Crippen LogP contribution in [0.15, 0.2) is 146 Å². The number of hydrogen-bond donors (Lipinski definition) is 2. The molecule has 0 atom stereocenters. The maximum atomic E-state index is 14.4. The van der Waals surface area contributed by atoms with Crippen LogP contribution in [0.5, 0.6) is 0 Å². The van der Waals surface area contributed by atoms with Crippen molar-refractivity contribution in [3.8, 4) is 33.4 Å². The minimum atomic E-state index is -0.106. The second kappa shape index (κ2) is 12.3. The molecule has 7 aromatic rings. The molecule has 5 nitrogen and oxygen atoms in total. The summed E-state index contributed by atoms with van der Waals surface area (Å²) in [4.78, 5) is 32.3. The molecule has 236 valence electrons. The van der Waals surface area contributed by atoms with Gasteiger partial charge in [-0.3, -0.25) is 4.79 Å². The molecule has 3 aromatic heterocycles. The zero-order valence-electron chi connectivity index (χ0n) is 27.0. The molecule has 2 N–H and O–H groups in total. The molecule has 50 heavy (non-hydrogen) atoms. The van der Waals surface area contributed by atoms with Crippen molar-refractivity contribution in [2.45, 2.75) is 0 Å². The standard InChI is InChI=1S/C45H30N4O/c50-45(32-19-11-4-12-20-32)44-39-27-25-37(48-39)42(30-15-7-2-8-16-30)35-23-21-33(46-35)41(29-13-5-1-6-14-29)34-22-24-36(47-34)43(31-17-9-3-10-18-31)38-26-28-40(44)49-38/h1-28,46,49H. The van der Waals surface area contributed by atoms with Gasteiger partial charge < -0.3 is 9.97 Å². The van der Waals surface area contributed by atoms with Crippen molar-refractivity contribution in [1.29, 1.82) is 0 Å². The molecule has 0 amide bonds. The van der Waals surface area contributed by atoms with Gasteiger partial charge in [-0.25, -0.2) is 9.97 Å². The van der Waals surface area contributed by atoms with Gasteiger partial charge in [-0.2, -0.15) is 0 Å². The Morgan fingerprint density at radius 3 is 1.16 bits per heavy atom. The molecule has 0 saturated heterocycles. The minimum Gasteiger partial charge on any atom is -0.354 e. The monoisotopic (exact) mass is 642 g/mol. The Bertz CT molecular complexity index is 2600. The Hall–Kier alpha value is -6.85. The van der Waals surface area contributed by atoms with E-state index in [0.29, 0.717) is 22.3 Å². The van der Waals surface area contributed by atoms with Crippen LogP contribution in [0.1, 0.15) is 38.7 Å². The number of aromatic amines is 2. The molecule has 0 fully saturated rings. The lowest BCUT2D eigenvalue weighted by atomic mass is 10.0. The van der Waals surface area contributed by atoms with Crippen LogP contribution in [-0.4, -0.2) is 25.7 Å². The third kappa shape index (κ3) is 5.18. The number of carbonyl (C=O) groups is 1. The summed E-state index contributed by atoms with van der Waals surface area (Å²) in [6, 6.07) is 48.5. The van der Waals surface area contributed by atoms with Crippen LogP contribution in [-0.2, 0) is 0 Å². The second-order valence-corrected chi connectivity index (χ2v) is 12.3. The first-order chi connectivity index (χ1) is 24.7. The van der Waals surface area contributed by atoms with Crippen LogP contribution in [0.25, 0.3) is 79.8 Å². The van der Waals surface area contributed by atoms with E-state index in [-0.39, 0.29) is 5.78 Å². The van der Waals surface area contributed by atoms with E-state index in [2.05, 4.69) is 82.8 Å². The van der Waals surface area contributed by atoms with E-state index in [4.69, 9.17) is 9.97 Å². The predicted molar refractivity (Wildman–Crippen MR) is 205 cm³/mol. The van der Waals surface area contributed by atoms with E-state index in [0.717, 1.165) is 67.0 Å². The van der Waals surface area contributed by atoms with Crippen molar-refractivity contribution >= 4 is 52.2 Å². The number of H-pyrrole nitrogens is 2. The Balaban J connectivity index is 1.47. The van der Waals surface area contributed by atoms with Crippen molar-refractivity contribution in [2.75, 3.05) is 0 Å². The molecular weight excluding hydrogens is 613 g/mol. The fourth-order valence-corrected chi connectivity index (χ4v) is 6.90. The zero-order valence-corrected chi connectivity index (χ0v) is 27.0. The van der Waals surface area contributed by atoms with Gasteiger partial charge in [0.25, 0.3) is 0 Å². The van der Waals surface area contributed by atoms with Gasteiger partial charge in [-0.05, 0) is 65.3 Å². The largest absolute Gasteiger partial charge is 0.354 e. The third-order valence-corrected chi connectivity index (χ3v) is 9.20. The molecule has 8 bridgehead atoms. The molecule has 0 radical (unpaired) electrons. The summed E-state index contributed by atoms with van der Waals surface area (Å²) in [6.07, 6.45) is 8.12. The van der Waals surface area contributed by atoms with Crippen LogP contribution in [0.2, 0.25) is 0 Å². The number of ketones is 1. The minimum absolute atomic E-state index is 0.106. The number of hydrogen-bond acceptors (Lipinski definition) is 3. The molecule has 0 unspecified atom stereocenters. The van der Waals surface area contributed by atoms with E-state index in [9.17, 15) is 4.79 Å². The molecular formula is C45H30N4O. The summed E-state index contributed by atoms with van der Waals surface area (Å²) in [5, 5.41) is 0. The second-order valence-electron chi connectivity index (χ2n) is 12.3. The molecule has 2 aliphatic rings. The summed E-state index contributed by atoms with van der Waals surface area (Å²) in [7, 11) is 0. The molecule has 0 spiro atoms. The molecule has 2 aliphatic heterocycles. The lowest BCUT2D eigenvalue weighted by Crippen LogP contribution is -2.04. The molecule has 4 aromatic carbocycles. The number of carbonyl (C=O) groups excluding carboxylic acids is 1. The number of benzene rings is 4. The lowest BCUT2D eigenvalue weighted by Gasteiger charge is -2.06. The fourth-order valence-electron chi connectivity index (χ4n) is 6.90. The van der Waals surface area contributed by atoms with Crippen molar-refractivity contribution in [3.63, 3.8) is 0 Å². The number of rotatable bonds is 5. The van der Waals surface area contributed by atoms with Crippen molar-refractivity contribution in [2.24, 2.45) is 0 Å². The number of aromatic nitrogens is 4. The maximum Gasteiger partial charge on any atom is 0.197 e. The highest BCUT2D eigenvalue weighted by atomic mass is 16.1. The highest BCUT2D eigenvalue weighted by Gasteiger charge is 2.21. The quantitative estimate of drug-likeness (QED) is 0.183. The normalized spacial score (nSPS) is 11.9. The number of nitrogens with one attached hydrogen (secondary N) is 2. The van der Waals surface area contributed by atoms with Gasteiger partial charge in [0.15, 0.2) is 5.78 Å². The Labute approximate surface area is 289 Å². The number of nitrogens with zero attached hydrogens (tertiary/aromatic N) is 2. The maximum absolute atomic E-state index is 14.4. The first kappa shape index (κ1) is 29.3. The summed E-state index contributed by atoms with van der Waals surface area (Å²) < 4.78 is 0. The first-order valence-corrected chi connectivity index (χ1v) is 16.6. The Morgan fingerprint density at radius 1 is 0.380 bits per heavy atom. The van der Waals surface area contributed by atoms with Crippen LogP contribution < -0.4 is 0 Å². The van der Waals surface area contributed by atoms with Crippen LogP contribution in [0, 0.1) is 0 Å². The summed E-state index contributed by atoms with van der Waals surface area (Å²) in [5.41, 5.74) is 13.5. The molecule has 5 heterocycles. The van der Waals surface area contributed by atoms with Crippen LogP contribution in [0.4, 0.5) is 0 Å². The zero-order chi connectivity index (χ0) is 33.4. The average molecular weight is 643 g/mol.